The monoisotopic (exact) mass is 327 g/mol. The van der Waals surface area contributed by atoms with E-state index in [0.717, 1.165) is 36.8 Å². The minimum Gasteiger partial charge on any atom is -0.468 e. The van der Waals surface area contributed by atoms with Gasteiger partial charge in [-0.3, -0.25) is 4.79 Å². The average Bonchev–Trinajstić information content (AvgIpc) is 3.11. The van der Waals surface area contributed by atoms with Crippen molar-refractivity contribution in [3.63, 3.8) is 0 Å². The molecular weight excluding hydrogens is 306 g/mol. The Morgan fingerprint density at radius 1 is 1.12 bits per heavy atom. The molecule has 1 aliphatic rings. The highest BCUT2D eigenvalue weighted by molar-refractivity contribution is 5.77. The molecule has 0 unspecified atom stereocenters. The Kier molecular flexibility index (Phi) is 4.64. The number of carbonyl (C=O) groups is 1. The third-order valence-electron chi connectivity index (χ3n) is 4.53. The minimum absolute atomic E-state index is 0.210. The van der Waals surface area contributed by atoms with Gasteiger partial charge in [0, 0.05) is 23.6 Å². The Bertz CT molecular complexity index is 692. The lowest BCUT2D eigenvalue weighted by atomic mass is 9.87. The van der Waals surface area contributed by atoms with E-state index < -0.39 is 5.41 Å². The molecule has 0 atom stereocenters. The van der Waals surface area contributed by atoms with Crippen molar-refractivity contribution in [2.45, 2.75) is 25.7 Å². The quantitative estimate of drug-likeness (QED) is 0.671. The number of anilines is 1. The molecular formula is C18H21N3O3. The van der Waals surface area contributed by atoms with E-state index in [1.165, 1.54) is 7.11 Å². The Balaban J connectivity index is 1.68. The minimum atomic E-state index is -0.562. The lowest BCUT2D eigenvalue weighted by Gasteiger charge is -2.24. The van der Waals surface area contributed by atoms with Gasteiger partial charge in [0.1, 0.15) is 12.0 Å². The fourth-order valence-electron chi connectivity index (χ4n) is 3.09. The maximum absolute atomic E-state index is 12.1. The van der Waals surface area contributed by atoms with E-state index in [0.29, 0.717) is 5.69 Å². The van der Waals surface area contributed by atoms with Crippen LogP contribution in [0.25, 0.3) is 11.1 Å². The number of nitrogen functional groups attached to an aromatic ring is 1. The maximum Gasteiger partial charge on any atom is 0.316 e. The van der Waals surface area contributed by atoms with Crippen molar-refractivity contribution in [2.75, 3.05) is 19.5 Å². The molecule has 0 amide bonds. The molecule has 1 heterocycles. The summed E-state index contributed by atoms with van der Waals surface area (Å²) in [4.78, 5) is 20.5. The second-order valence-corrected chi connectivity index (χ2v) is 6.14. The van der Waals surface area contributed by atoms with Crippen molar-refractivity contribution < 1.29 is 14.3 Å². The van der Waals surface area contributed by atoms with Crippen molar-refractivity contribution in [2.24, 2.45) is 5.41 Å². The first-order chi connectivity index (χ1) is 11.6. The molecule has 24 heavy (non-hydrogen) atoms. The number of rotatable bonds is 5. The largest absolute Gasteiger partial charge is 0.468 e. The van der Waals surface area contributed by atoms with Crippen LogP contribution in [0.2, 0.25) is 0 Å². The summed E-state index contributed by atoms with van der Waals surface area (Å²) < 4.78 is 10.6. The predicted octanol–water partition coefficient (Wildman–Crippen LogP) is 2.84. The number of esters is 1. The summed E-state index contributed by atoms with van der Waals surface area (Å²) in [5.41, 5.74) is 7.70. The number of hydrogen-bond donors (Lipinski definition) is 1. The van der Waals surface area contributed by atoms with Crippen LogP contribution in [0.4, 0.5) is 5.69 Å². The SMILES string of the molecule is COC(=O)C1(COc2ncc(-c3ccc(N)cc3)cn2)CCCC1. The van der Waals surface area contributed by atoms with Crippen LogP contribution >= 0.6 is 0 Å². The van der Waals surface area contributed by atoms with Crippen LogP contribution in [0.15, 0.2) is 36.7 Å². The molecule has 6 heteroatoms. The van der Waals surface area contributed by atoms with Crippen LogP contribution in [-0.2, 0) is 9.53 Å². The predicted molar refractivity (Wildman–Crippen MR) is 90.3 cm³/mol. The standard InChI is InChI=1S/C18H21N3O3/c1-23-16(22)18(8-2-3-9-18)12-24-17-20-10-14(11-21-17)13-4-6-15(19)7-5-13/h4-7,10-11H,2-3,8-9,12,19H2,1H3. The van der Waals surface area contributed by atoms with Crippen LogP contribution in [0, 0.1) is 5.41 Å². The lowest BCUT2D eigenvalue weighted by Crippen LogP contribution is -2.35. The molecule has 1 saturated carbocycles. The van der Waals surface area contributed by atoms with Gasteiger partial charge in [-0.05, 0) is 30.5 Å². The van der Waals surface area contributed by atoms with E-state index in [9.17, 15) is 4.79 Å². The van der Waals surface area contributed by atoms with Gasteiger partial charge < -0.3 is 15.2 Å². The van der Waals surface area contributed by atoms with Gasteiger partial charge in [-0.2, -0.15) is 0 Å². The second-order valence-electron chi connectivity index (χ2n) is 6.14. The van der Waals surface area contributed by atoms with Crippen LogP contribution in [0.1, 0.15) is 25.7 Å². The summed E-state index contributed by atoms with van der Waals surface area (Å²) in [6, 6.07) is 7.77. The number of hydrogen-bond acceptors (Lipinski definition) is 6. The molecule has 1 aliphatic carbocycles. The Labute approximate surface area is 141 Å². The van der Waals surface area contributed by atoms with E-state index in [1.54, 1.807) is 12.4 Å². The number of ether oxygens (including phenoxy) is 2. The van der Waals surface area contributed by atoms with Gasteiger partial charge in [-0.15, -0.1) is 0 Å². The number of nitrogens with two attached hydrogens (primary N) is 1. The molecule has 0 spiro atoms. The number of carbonyl (C=O) groups excluding carboxylic acids is 1. The summed E-state index contributed by atoms with van der Waals surface area (Å²) in [7, 11) is 1.42. The third kappa shape index (κ3) is 3.32. The molecule has 2 aromatic rings. The van der Waals surface area contributed by atoms with Crippen molar-refractivity contribution in [1.29, 1.82) is 0 Å². The smallest absolute Gasteiger partial charge is 0.316 e. The second kappa shape index (κ2) is 6.86. The van der Waals surface area contributed by atoms with Gasteiger partial charge in [-0.1, -0.05) is 25.0 Å². The van der Waals surface area contributed by atoms with Crippen LogP contribution in [-0.4, -0.2) is 29.7 Å². The highest BCUT2D eigenvalue weighted by Gasteiger charge is 2.43. The van der Waals surface area contributed by atoms with Crippen molar-refractivity contribution >= 4 is 11.7 Å². The van der Waals surface area contributed by atoms with Crippen LogP contribution in [0.5, 0.6) is 6.01 Å². The molecule has 126 valence electrons. The lowest BCUT2D eigenvalue weighted by molar-refractivity contribution is -0.154. The van der Waals surface area contributed by atoms with Crippen LogP contribution in [0.3, 0.4) is 0 Å². The molecule has 2 N–H and O–H groups in total. The number of aromatic nitrogens is 2. The van der Waals surface area contributed by atoms with E-state index >= 15 is 0 Å². The number of nitrogens with zero attached hydrogens (tertiary/aromatic N) is 2. The van der Waals surface area contributed by atoms with Gasteiger partial charge in [0.15, 0.2) is 0 Å². The maximum atomic E-state index is 12.1. The van der Waals surface area contributed by atoms with Gasteiger partial charge in [0.25, 0.3) is 0 Å². The fraction of sp³-hybridized carbons (Fsp3) is 0.389. The van der Waals surface area contributed by atoms with Gasteiger partial charge in [-0.25, -0.2) is 9.97 Å². The Morgan fingerprint density at radius 3 is 2.33 bits per heavy atom. The molecule has 1 fully saturated rings. The summed E-state index contributed by atoms with van der Waals surface area (Å²) >= 11 is 0. The third-order valence-corrected chi connectivity index (χ3v) is 4.53. The van der Waals surface area contributed by atoms with Crippen LogP contribution < -0.4 is 10.5 Å². The van der Waals surface area contributed by atoms with Crippen molar-refractivity contribution in [1.82, 2.24) is 9.97 Å². The van der Waals surface area contributed by atoms with E-state index in [2.05, 4.69) is 9.97 Å². The molecule has 0 saturated heterocycles. The number of methoxy groups -OCH3 is 1. The number of benzene rings is 1. The highest BCUT2D eigenvalue weighted by atomic mass is 16.5. The zero-order valence-corrected chi connectivity index (χ0v) is 13.7. The fourth-order valence-corrected chi connectivity index (χ4v) is 3.09. The first-order valence-corrected chi connectivity index (χ1v) is 8.02. The average molecular weight is 327 g/mol. The molecule has 1 aromatic heterocycles. The normalized spacial score (nSPS) is 15.9. The summed E-state index contributed by atoms with van der Waals surface area (Å²) in [6.45, 7) is 0.251. The Morgan fingerprint density at radius 2 is 1.75 bits per heavy atom. The summed E-state index contributed by atoms with van der Waals surface area (Å²) in [5.74, 6) is -0.210. The Hall–Kier alpha value is -2.63. The molecule has 0 aliphatic heterocycles. The van der Waals surface area contributed by atoms with Crippen molar-refractivity contribution in [3.8, 4) is 17.1 Å². The molecule has 0 bridgehead atoms. The first-order valence-electron chi connectivity index (χ1n) is 8.02. The van der Waals surface area contributed by atoms with Gasteiger partial charge in [0.2, 0.25) is 0 Å². The first kappa shape index (κ1) is 16.2. The molecule has 3 rings (SSSR count). The summed E-state index contributed by atoms with van der Waals surface area (Å²) in [6.07, 6.45) is 6.98. The zero-order valence-electron chi connectivity index (χ0n) is 13.7. The van der Waals surface area contributed by atoms with Crippen molar-refractivity contribution in [3.05, 3.63) is 36.7 Å². The summed E-state index contributed by atoms with van der Waals surface area (Å²) in [5, 5.41) is 0. The van der Waals surface area contributed by atoms with E-state index in [-0.39, 0.29) is 18.6 Å². The van der Waals surface area contributed by atoms with E-state index in [1.807, 2.05) is 24.3 Å². The van der Waals surface area contributed by atoms with E-state index in [4.69, 9.17) is 15.2 Å². The highest BCUT2D eigenvalue weighted by Crippen LogP contribution is 2.39. The molecule has 6 nitrogen and oxygen atoms in total. The van der Waals surface area contributed by atoms with Gasteiger partial charge in [0.05, 0.1) is 7.11 Å². The van der Waals surface area contributed by atoms with Gasteiger partial charge >= 0.3 is 12.0 Å². The molecule has 0 radical (unpaired) electrons. The topological polar surface area (TPSA) is 87.3 Å². The molecule has 1 aromatic carbocycles. The zero-order chi connectivity index (χ0) is 17.0.